The predicted molar refractivity (Wildman–Crippen MR) is 171 cm³/mol. The Morgan fingerprint density at radius 2 is 1.07 bits per heavy atom. The van der Waals surface area contributed by atoms with E-state index in [0.717, 1.165) is 28.8 Å². The van der Waals surface area contributed by atoms with Crippen LogP contribution in [0.2, 0.25) is 0 Å². The number of aliphatic hydroxyl groups excluding tert-OH is 4. The SMILES string of the molecule is COc1cc(/C=C/C(=O)C(COC(=O)C(C)(CO)CO)(COC(=O)C(C)(CO)CO)C(=O)/C=C/c2ccc(C)c(C)c2)ccc1C. The minimum atomic E-state index is -2.34. The summed E-state index contributed by atoms with van der Waals surface area (Å²) in [6.45, 7) is 3.10. The van der Waals surface area contributed by atoms with Gasteiger partial charge in [-0.25, -0.2) is 0 Å². The molecule has 0 aliphatic heterocycles. The largest absolute Gasteiger partial charge is 0.496 e. The van der Waals surface area contributed by atoms with Crippen molar-refractivity contribution < 1.29 is 53.8 Å². The number of carbonyl (C=O) groups excluding carboxylic acids is 4. The van der Waals surface area contributed by atoms with Crippen LogP contribution >= 0.6 is 0 Å². The van der Waals surface area contributed by atoms with Gasteiger partial charge in [0.05, 0.1) is 33.5 Å². The lowest BCUT2D eigenvalue weighted by Gasteiger charge is -2.31. The molecule has 11 heteroatoms. The summed E-state index contributed by atoms with van der Waals surface area (Å²) in [5.74, 6) is -3.43. The Morgan fingerprint density at radius 3 is 1.46 bits per heavy atom. The maximum absolute atomic E-state index is 14.1. The molecule has 0 aliphatic carbocycles. The number of allylic oxidation sites excluding steroid dienone is 2. The van der Waals surface area contributed by atoms with E-state index in [0.29, 0.717) is 16.9 Å². The molecular weight excluding hydrogens is 596 g/mol. The summed E-state index contributed by atoms with van der Waals surface area (Å²) in [5, 5.41) is 38.8. The van der Waals surface area contributed by atoms with Gasteiger partial charge in [0.25, 0.3) is 0 Å². The number of esters is 2. The molecule has 4 N–H and O–H groups in total. The molecule has 0 amide bonds. The third-order valence-electron chi connectivity index (χ3n) is 8.04. The van der Waals surface area contributed by atoms with Gasteiger partial charge in [0, 0.05) is 0 Å². The smallest absolute Gasteiger partial charge is 0.316 e. The first-order valence-corrected chi connectivity index (χ1v) is 14.6. The molecule has 2 aromatic rings. The summed E-state index contributed by atoms with van der Waals surface area (Å²) in [4.78, 5) is 54.0. The van der Waals surface area contributed by atoms with E-state index < -0.39 is 79.4 Å². The molecular formula is C35H44O11. The second kappa shape index (κ2) is 16.4. The summed E-state index contributed by atoms with van der Waals surface area (Å²) in [7, 11) is 1.49. The zero-order chi connectivity index (χ0) is 34.7. The standard InChI is InChI=1S/C35H44O11/c1-23-7-9-26(15-25(23)3)11-13-29(40)35(21-45-31(42)33(4,17-36)18-37,22-46-32(43)34(5,19-38)20-39)30(41)14-12-27-10-8-24(2)28(16-27)44-6/h7-16,36-39H,17-22H2,1-6H3/b13-11+,14-12+. The van der Waals surface area contributed by atoms with Crippen LogP contribution in [0, 0.1) is 37.0 Å². The molecule has 0 saturated carbocycles. The molecule has 2 aromatic carbocycles. The summed E-state index contributed by atoms with van der Waals surface area (Å²) in [5.41, 5.74) is -1.86. The van der Waals surface area contributed by atoms with Crippen LogP contribution in [-0.2, 0) is 28.7 Å². The zero-order valence-corrected chi connectivity index (χ0v) is 27.2. The number of aliphatic hydroxyl groups is 4. The van der Waals surface area contributed by atoms with Crippen molar-refractivity contribution in [2.75, 3.05) is 46.8 Å². The molecule has 11 nitrogen and oxygen atoms in total. The summed E-state index contributed by atoms with van der Waals surface area (Å²) in [6, 6.07) is 10.6. The lowest BCUT2D eigenvalue weighted by atomic mass is 9.79. The van der Waals surface area contributed by atoms with E-state index in [-0.39, 0.29) is 0 Å². The van der Waals surface area contributed by atoms with Gasteiger partial charge in [-0.3, -0.25) is 19.2 Å². The van der Waals surface area contributed by atoms with Crippen molar-refractivity contribution >= 4 is 35.7 Å². The Labute approximate surface area is 269 Å². The minimum absolute atomic E-state index is 0.540. The van der Waals surface area contributed by atoms with Crippen molar-refractivity contribution in [2.24, 2.45) is 16.2 Å². The highest BCUT2D eigenvalue weighted by atomic mass is 16.6. The highest BCUT2D eigenvalue weighted by Gasteiger charge is 2.48. The molecule has 0 saturated heterocycles. The Hall–Kier alpha value is -4.16. The van der Waals surface area contributed by atoms with Crippen LogP contribution in [0.3, 0.4) is 0 Å². The normalized spacial score (nSPS) is 12.4. The number of aryl methyl sites for hydroxylation is 3. The van der Waals surface area contributed by atoms with Crippen LogP contribution < -0.4 is 4.74 Å². The topological polar surface area (TPSA) is 177 Å². The van der Waals surface area contributed by atoms with Crippen LogP contribution in [0.4, 0.5) is 0 Å². The van der Waals surface area contributed by atoms with Crippen molar-refractivity contribution in [1.82, 2.24) is 0 Å². The van der Waals surface area contributed by atoms with Crippen molar-refractivity contribution in [3.8, 4) is 5.75 Å². The maximum Gasteiger partial charge on any atom is 0.316 e. The van der Waals surface area contributed by atoms with Crippen LogP contribution in [0.15, 0.2) is 48.6 Å². The van der Waals surface area contributed by atoms with E-state index in [9.17, 15) is 39.6 Å². The fraction of sp³-hybridized carbons (Fsp3) is 0.429. The monoisotopic (exact) mass is 640 g/mol. The van der Waals surface area contributed by atoms with Crippen molar-refractivity contribution in [3.63, 3.8) is 0 Å². The van der Waals surface area contributed by atoms with E-state index in [1.54, 1.807) is 24.3 Å². The molecule has 0 aromatic heterocycles. The summed E-state index contributed by atoms with van der Waals surface area (Å²) in [6.07, 6.45) is 5.08. The highest BCUT2D eigenvalue weighted by Crippen LogP contribution is 2.29. The Morgan fingerprint density at radius 1 is 0.652 bits per heavy atom. The second-order valence-electron chi connectivity index (χ2n) is 12.0. The van der Waals surface area contributed by atoms with Gasteiger partial charge < -0.3 is 34.6 Å². The number of hydrogen-bond acceptors (Lipinski definition) is 11. The second-order valence-corrected chi connectivity index (χ2v) is 12.0. The van der Waals surface area contributed by atoms with Gasteiger partial charge in [-0.15, -0.1) is 0 Å². The summed E-state index contributed by atoms with van der Waals surface area (Å²) < 4.78 is 16.1. The summed E-state index contributed by atoms with van der Waals surface area (Å²) >= 11 is 0. The molecule has 2 rings (SSSR count). The molecule has 250 valence electrons. The van der Waals surface area contributed by atoms with Crippen LogP contribution in [0.1, 0.15) is 41.7 Å². The third-order valence-corrected chi connectivity index (χ3v) is 8.04. The molecule has 0 fully saturated rings. The van der Waals surface area contributed by atoms with Gasteiger partial charge in [-0.2, -0.15) is 0 Å². The fourth-order valence-electron chi connectivity index (χ4n) is 4.00. The van der Waals surface area contributed by atoms with E-state index in [4.69, 9.17) is 14.2 Å². The van der Waals surface area contributed by atoms with Gasteiger partial charge in [-0.1, -0.05) is 42.5 Å². The first-order valence-electron chi connectivity index (χ1n) is 14.6. The molecule has 0 unspecified atom stereocenters. The van der Waals surface area contributed by atoms with Gasteiger partial charge >= 0.3 is 11.9 Å². The molecule has 0 aliphatic rings. The first kappa shape index (κ1) is 38.0. The number of ether oxygens (including phenoxy) is 3. The van der Waals surface area contributed by atoms with Crippen molar-refractivity contribution in [1.29, 1.82) is 0 Å². The first-order chi connectivity index (χ1) is 21.6. The fourth-order valence-corrected chi connectivity index (χ4v) is 4.00. The number of hydrogen-bond donors (Lipinski definition) is 4. The number of rotatable bonds is 17. The number of benzene rings is 2. The average Bonchev–Trinajstić information content (AvgIpc) is 3.07. The third kappa shape index (κ3) is 8.97. The lowest BCUT2D eigenvalue weighted by Crippen LogP contribution is -2.50. The lowest BCUT2D eigenvalue weighted by molar-refractivity contribution is -0.172. The van der Waals surface area contributed by atoms with E-state index in [1.807, 2.05) is 32.9 Å². The minimum Gasteiger partial charge on any atom is -0.496 e. The molecule has 0 radical (unpaired) electrons. The highest BCUT2D eigenvalue weighted by molar-refractivity contribution is 6.18. The van der Waals surface area contributed by atoms with Gasteiger partial charge in [0.15, 0.2) is 17.0 Å². The van der Waals surface area contributed by atoms with Crippen molar-refractivity contribution in [3.05, 3.63) is 76.4 Å². The Bertz CT molecular complexity index is 1430. The van der Waals surface area contributed by atoms with E-state index in [2.05, 4.69) is 0 Å². The number of methoxy groups -OCH3 is 1. The van der Waals surface area contributed by atoms with Gasteiger partial charge in [0.2, 0.25) is 0 Å². The van der Waals surface area contributed by atoms with Crippen LogP contribution in [-0.4, -0.2) is 90.7 Å². The van der Waals surface area contributed by atoms with Gasteiger partial charge in [-0.05, 0) is 80.7 Å². The quantitative estimate of drug-likeness (QED) is 0.114. The average molecular weight is 641 g/mol. The van der Waals surface area contributed by atoms with E-state index >= 15 is 0 Å². The zero-order valence-electron chi connectivity index (χ0n) is 27.2. The number of ketones is 2. The predicted octanol–water partition coefficient (Wildman–Crippen LogP) is 2.54. The van der Waals surface area contributed by atoms with Crippen LogP contribution in [0.5, 0.6) is 5.75 Å². The Kier molecular flexibility index (Phi) is 13.6. The number of carbonyl (C=O) groups is 4. The van der Waals surface area contributed by atoms with Crippen molar-refractivity contribution in [2.45, 2.75) is 34.6 Å². The van der Waals surface area contributed by atoms with Crippen LogP contribution in [0.25, 0.3) is 12.2 Å². The molecule has 0 bridgehead atoms. The Balaban J connectivity index is 2.68. The van der Waals surface area contributed by atoms with E-state index in [1.165, 1.54) is 33.1 Å². The van der Waals surface area contributed by atoms with Gasteiger partial charge in [0.1, 0.15) is 29.8 Å². The molecule has 0 heterocycles. The molecule has 0 atom stereocenters. The molecule has 46 heavy (non-hydrogen) atoms. The maximum atomic E-state index is 14.1. The molecule has 0 spiro atoms.